The van der Waals surface area contributed by atoms with E-state index in [-0.39, 0.29) is 7.43 Å². The van der Waals surface area contributed by atoms with E-state index in [0.717, 1.165) is 5.92 Å². The van der Waals surface area contributed by atoms with E-state index in [0.29, 0.717) is 12.6 Å². The SMILES string of the molecule is C.CC.OCC1CCCCN1CC1CCCNC1. The summed E-state index contributed by atoms with van der Waals surface area (Å²) >= 11 is 0. The Hall–Kier alpha value is -0.120. The minimum Gasteiger partial charge on any atom is -0.395 e. The van der Waals surface area contributed by atoms with Crippen LogP contribution in [0.5, 0.6) is 0 Å². The molecule has 0 aliphatic carbocycles. The lowest BCUT2D eigenvalue weighted by molar-refractivity contribution is 0.0718. The first-order chi connectivity index (χ1) is 8.40. The Morgan fingerprint density at radius 1 is 1.17 bits per heavy atom. The highest BCUT2D eigenvalue weighted by Gasteiger charge is 2.24. The summed E-state index contributed by atoms with van der Waals surface area (Å²) in [7, 11) is 0. The molecule has 2 heterocycles. The number of nitrogens with zero attached hydrogens (tertiary/aromatic N) is 1. The van der Waals surface area contributed by atoms with Crippen LogP contribution >= 0.6 is 0 Å². The summed E-state index contributed by atoms with van der Waals surface area (Å²) in [5.41, 5.74) is 0. The first kappa shape index (κ1) is 17.9. The second kappa shape index (κ2) is 10.8. The van der Waals surface area contributed by atoms with Crippen LogP contribution in [0.25, 0.3) is 0 Å². The smallest absolute Gasteiger partial charge is 0.0586 e. The summed E-state index contributed by atoms with van der Waals surface area (Å²) < 4.78 is 0. The predicted molar refractivity (Wildman–Crippen MR) is 80.0 cm³/mol. The third-order valence-electron chi connectivity index (χ3n) is 3.85. The molecule has 2 aliphatic rings. The molecule has 18 heavy (non-hydrogen) atoms. The molecule has 2 saturated heterocycles. The van der Waals surface area contributed by atoms with Gasteiger partial charge in [0.1, 0.15) is 0 Å². The predicted octanol–water partition coefficient (Wildman–Crippen LogP) is 2.50. The van der Waals surface area contributed by atoms with E-state index in [1.54, 1.807) is 0 Å². The number of hydrogen-bond acceptors (Lipinski definition) is 3. The fourth-order valence-electron chi connectivity index (χ4n) is 2.92. The molecule has 0 aromatic carbocycles. The van der Waals surface area contributed by atoms with Crippen LogP contribution in [0, 0.1) is 5.92 Å². The lowest BCUT2D eigenvalue weighted by atomic mass is 9.95. The van der Waals surface area contributed by atoms with Crippen LogP contribution in [0.15, 0.2) is 0 Å². The van der Waals surface area contributed by atoms with Crippen molar-refractivity contribution in [3.63, 3.8) is 0 Å². The Morgan fingerprint density at radius 3 is 2.56 bits per heavy atom. The molecule has 3 heteroatoms. The van der Waals surface area contributed by atoms with Crippen molar-refractivity contribution in [3.8, 4) is 0 Å². The largest absolute Gasteiger partial charge is 0.395 e. The van der Waals surface area contributed by atoms with Crippen LogP contribution in [0.4, 0.5) is 0 Å². The number of hydrogen-bond donors (Lipinski definition) is 2. The summed E-state index contributed by atoms with van der Waals surface area (Å²) in [6.45, 7) is 9.11. The lowest BCUT2D eigenvalue weighted by Crippen LogP contribution is -2.46. The topological polar surface area (TPSA) is 35.5 Å². The van der Waals surface area contributed by atoms with Gasteiger partial charge in [-0.1, -0.05) is 27.7 Å². The monoisotopic (exact) mass is 258 g/mol. The van der Waals surface area contributed by atoms with Crippen molar-refractivity contribution in [1.29, 1.82) is 0 Å². The lowest BCUT2D eigenvalue weighted by Gasteiger charge is -2.38. The summed E-state index contributed by atoms with van der Waals surface area (Å²) in [6, 6.07) is 0.445. The van der Waals surface area contributed by atoms with Crippen LogP contribution in [-0.2, 0) is 0 Å². The molecule has 2 unspecified atom stereocenters. The molecular weight excluding hydrogens is 224 g/mol. The van der Waals surface area contributed by atoms with E-state index in [9.17, 15) is 5.11 Å². The van der Waals surface area contributed by atoms with Crippen LogP contribution in [-0.4, -0.2) is 48.8 Å². The van der Waals surface area contributed by atoms with Gasteiger partial charge in [-0.25, -0.2) is 0 Å². The molecule has 2 N–H and O–H groups in total. The van der Waals surface area contributed by atoms with Crippen LogP contribution in [0.1, 0.15) is 53.4 Å². The molecule has 2 rings (SSSR count). The van der Waals surface area contributed by atoms with Gasteiger partial charge in [0.25, 0.3) is 0 Å². The molecule has 0 bridgehead atoms. The Bertz CT molecular complexity index is 181. The number of piperidine rings is 2. The van der Waals surface area contributed by atoms with Gasteiger partial charge in [0.15, 0.2) is 0 Å². The molecule has 110 valence electrons. The van der Waals surface area contributed by atoms with Gasteiger partial charge in [0, 0.05) is 12.6 Å². The summed E-state index contributed by atoms with van der Waals surface area (Å²) in [4.78, 5) is 2.52. The first-order valence-electron chi connectivity index (χ1n) is 7.46. The van der Waals surface area contributed by atoms with Gasteiger partial charge in [-0.2, -0.15) is 0 Å². The van der Waals surface area contributed by atoms with Gasteiger partial charge in [0.05, 0.1) is 6.61 Å². The second-order valence-electron chi connectivity index (χ2n) is 5.04. The highest BCUT2D eigenvalue weighted by atomic mass is 16.3. The highest BCUT2D eigenvalue weighted by molar-refractivity contribution is 4.80. The summed E-state index contributed by atoms with van der Waals surface area (Å²) in [6.07, 6.45) is 6.49. The zero-order valence-corrected chi connectivity index (χ0v) is 11.6. The molecule has 0 spiro atoms. The Balaban J connectivity index is 0.000000917. The Kier molecular flexibility index (Phi) is 10.7. The van der Waals surface area contributed by atoms with Crippen molar-refractivity contribution >= 4 is 0 Å². The van der Waals surface area contributed by atoms with E-state index < -0.39 is 0 Å². The fraction of sp³-hybridized carbons (Fsp3) is 1.00. The number of aliphatic hydroxyl groups is 1. The molecule has 2 atom stereocenters. The number of aliphatic hydroxyl groups excluding tert-OH is 1. The van der Waals surface area contributed by atoms with E-state index >= 15 is 0 Å². The molecule has 0 radical (unpaired) electrons. The van der Waals surface area contributed by atoms with Gasteiger partial charge in [-0.15, -0.1) is 0 Å². The second-order valence-corrected chi connectivity index (χ2v) is 5.04. The number of rotatable bonds is 3. The van der Waals surface area contributed by atoms with Gasteiger partial charge in [0.2, 0.25) is 0 Å². The van der Waals surface area contributed by atoms with Crippen LogP contribution < -0.4 is 5.32 Å². The summed E-state index contributed by atoms with van der Waals surface area (Å²) in [5, 5.41) is 12.8. The molecule has 2 fully saturated rings. The van der Waals surface area contributed by atoms with Crippen molar-refractivity contribution in [2.75, 3.05) is 32.8 Å². The average molecular weight is 258 g/mol. The van der Waals surface area contributed by atoms with Crippen LogP contribution in [0.3, 0.4) is 0 Å². The van der Waals surface area contributed by atoms with E-state index in [2.05, 4.69) is 10.2 Å². The van der Waals surface area contributed by atoms with Crippen molar-refractivity contribution in [3.05, 3.63) is 0 Å². The summed E-state index contributed by atoms with van der Waals surface area (Å²) in [5.74, 6) is 0.811. The zero-order valence-electron chi connectivity index (χ0n) is 11.6. The molecule has 2 aliphatic heterocycles. The Labute approximate surface area is 114 Å². The molecule has 0 aromatic rings. The van der Waals surface area contributed by atoms with Gasteiger partial charge in [-0.05, 0) is 51.2 Å². The van der Waals surface area contributed by atoms with Crippen molar-refractivity contribution in [2.24, 2.45) is 5.92 Å². The maximum Gasteiger partial charge on any atom is 0.0586 e. The molecule has 3 nitrogen and oxygen atoms in total. The van der Waals surface area contributed by atoms with Crippen LogP contribution in [0.2, 0.25) is 0 Å². The van der Waals surface area contributed by atoms with Gasteiger partial charge < -0.3 is 10.4 Å². The van der Waals surface area contributed by atoms with Gasteiger partial charge >= 0.3 is 0 Å². The minimum absolute atomic E-state index is 0. The third-order valence-corrected chi connectivity index (χ3v) is 3.85. The molecule has 0 saturated carbocycles. The van der Waals surface area contributed by atoms with E-state index in [1.165, 1.54) is 58.3 Å². The zero-order chi connectivity index (χ0) is 12.5. The minimum atomic E-state index is 0. The highest BCUT2D eigenvalue weighted by Crippen LogP contribution is 2.20. The van der Waals surface area contributed by atoms with E-state index in [4.69, 9.17) is 0 Å². The number of likely N-dealkylation sites (tertiary alicyclic amines) is 1. The van der Waals surface area contributed by atoms with Crippen molar-refractivity contribution in [2.45, 2.75) is 59.4 Å². The number of nitrogens with one attached hydrogen (secondary N) is 1. The van der Waals surface area contributed by atoms with Crippen molar-refractivity contribution < 1.29 is 5.11 Å². The standard InChI is InChI=1S/C12H24N2O.C2H6.CH4/c15-10-12-5-1-2-7-14(12)9-11-4-3-6-13-8-11;1-2;/h11-13,15H,1-10H2;1-2H3;1H4. The van der Waals surface area contributed by atoms with Crippen molar-refractivity contribution in [1.82, 2.24) is 10.2 Å². The fourth-order valence-corrected chi connectivity index (χ4v) is 2.92. The normalized spacial score (nSPS) is 28.8. The Morgan fingerprint density at radius 2 is 1.94 bits per heavy atom. The molecule has 0 amide bonds. The van der Waals surface area contributed by atoms with Gasteiger partial charge in [-0.3, -0.25) is 4.90 Å². The molecular formula is C15H34N2O. The maximum atomic E-state index is 9.33. The quantitative estimate of drug-likeness (QED) is 0.816. The third kappa shape index (κ3) is 5.68. The average Bonchev–Trinajstić information content (AvgIpc) is 2.43. The first-order valence-corrected chi connectivity index (χ1v) is 7.46. The maximum absolute atomic E-state index is 9.33. The van der Waals surface area contributed by atoms with E-state index in [1.807, 2.05) is 13.8 Å². The molecule has 0 aromatic heterocycles.